The molecule has 0 N–H and O–H groups in total. The zero-order chi connectivity index (χ0) is 14.4. The Kier molecular flexibility index (Phi) is 4.43. The van der Waals surface area contributed by atoms with Gasteiger partial charge in [-0.2, -0.15) is 0 Å². The molecule has 0 aliphatic rings. The van der Waals surface area contributed by atoms with E-state index in [4.69, 9.17) is 9.47 Å². The van der Waals surface area contributed by atoms with Crippen molar-refractivity contribution in [3.8, 4) is 11.5 Å². The summed E-state index contributed by atoms with van der Waals surface area (Å²) < 4.78 is 23.2. The summed E-state index contributed by atoms with van der Waals surface area (Å²) >= 11 is 0. The van der Waals surface area contributed by atoms with Crippen LogP contribution < -0.4 is 9.47 Å². The van der Waals surface area contributed by atoms with Crippen molar-refractivity contribution in [1.82, 2.24) is 4.98 Å². The van der Waals surface area contributed by atoms with Crippen LogP contribution in [0.5, 0.6) is 11.5 Å². The van der Waals surface area contributed by atoms with Gasteiger partial charge in [0.1, 0.15) is 31.0 Å². The van der Waals surface area contributed by atoms with Crippen molar-refractivity contribution in [3.05, 3.63) is 58.5 Å². The molecule has 0 saturated carbocycles. The normalized spacial score (nSPS) is 10.1. The highest BCUT2D eigenvalue weighted by Crippen LogP contribution is 2.22. The molecule has 1 heterocycles. The third-order valence-corrected chi connectivity index (χ3v) is 2.35. The molecule has 0 saturated heterocycles. The lowest BCUT2D eigenvalue weighted by Crippen LogP contribution is -2.10. The van der Waals surface area contributed by atoms with E-state index in [1.165, 1.54) is 36.5 Å². The van der Waals surface area contributed by atoms with E-state index in [0.717, 1.165) is 0 Å². The van der Waals surface area contributed by atoms with Crippen molar-refractivity contribution < 1.29 is 18.8 Å². The minimum atomic E-state index is -0.615. The highest BCUT2D eigenvalue weighted by atomic mass is 19.1. The molecule has 0 spiro atoms. The molecule has 2 aromatic rings. The SMILES string of the molecule is O=[N+]([O-])c1ncccc1OCCOc1ccc(F)cc1. The number of benzene rings is 1. The first-order chi connectivity index (χ1) is 9.66. The Bertz CT molecular complexity index is 589. The molecule has 0 amide bonds. The van der Waals surface area contributed by atoms with Gasteiger partial charge in [0.2, 0.25) is 5.75 Å². The van der Waals surface area contributed by atoms with Crippen molar-refractivity contribution in [2.75, 3.05) is 13.2 Å². The number of hydrogen-bond donors (Lipinski definition) is 0. The van der Waals surface area contributed by atoms with Crippen LogP contribution in [0.2, 0.25) is 0 Å². The Morgan fingerprint density at radius 3 is 2.55 bits per heavy atom. The van der Waals surface area contributed by atoms with Gasteiger partial charge in [0.05, 0.1) is 0 Å². The van der Waals surface area contributed by atoms with E-state index in [1.54, 1.807) is 6.07 Å². The number of hydrogen-bond acceptors (Lipinski definition) is 5. The fourth-order valence-corrected chi connectivity index (χ4v) is 1.47. The lowest BCUT2D eigenvalue weighted by atomic mass is 10.3. The van der Waals surface area contributed by atoms with Gasteiger partial charge in [-0.25, -0.2) is 4.39 Å². The minimum absolute atomic E-state index is 0.0835. The standard InChI is InChI=1S/C13H11FN2O4/c14-10-3-5-11(6-4-10)19-8-9-20-12-2-1-7-15-13(12)16(17)18/h1-7H,8-9H2. The quantitative estimate of drug-likeness (QED) is 0.461. The molecule has 0 fully saturated rings. The summed E-state index contributed by atoms with van der Waals surface area (Å²) in [6.07, 6.45) is 1.32. The van der Waals surface area contributed by atoms with Crippen molar-refractivity contribution in [2.24, 2.45) is 0 Å². The molecule has 0 unspecified atom stereocenters. The van der Waals surface area contributed by atoms with Crippen molar-refractivity contribution >= 4 is 5.82 Å². The number of pyridine rings is 1. The van der Waals surface area contributed by atoms with Crippen LogP contribution in [0.25, 0.3) is 0 Å². The van der Waals surface area contributed by atoms with E-state index >= 15 is 0 Å². The van der Waals surface area contributed by atoms with Crippen LogP contribution in [-0.4, -0.2) is 23.1 Å². The molecule has 2 rings (SSSR count). The molecule has 0 bridgehead atoms. The Labute approximate surface area is 113 Å². The fourth-order valence-electron chi connectivity index (χ4n) is 1.47. The number of aromatic nitrogens is 1. The average Bonchev–Trinajstić information content (AvgIpc) is 2.46. The van der Waals surface area contributed by atoms with E-state index in [-0.39, 0.29) is 30.6 Å². The smallest absolute Gasteiger partial charge is 0.406 e. The Morgan fingerprint density at radius 2 is 1.85 bits per heavy atom. The van der Waals surface area contributed by atoms with Crippen molar-refractivity contribution in [1.29, 1.82) is 0 Å². The summed E-state index contributed by atoms with van der Waals surface area (Å²) in [5.41, 5.74) is 0. The molecular formula is C13H11FN2O4. The molecule has 6 nitrogen and oxygen atoms in total. The molecule has 7 heteroatoms. The fraction of sp³-hybridized carbons (Fsp3) is 0.154. The van der Waals surface area contributed by atoms with E-state index in [0.29, 0.717) is 5.75 Å². The lowest BCUT2D eigenvalue weighted by Gasteiger charge is -2.08. The van der Waals surface area contributed by atoms with Crippen LogP contribution >= 0.6 is 0 Å². The molecule has 1 aromatic heterocycles. The van der Waals surface area contributed by atoms with Gasteiger partial charge in [-0.15, -0.1) is 0 Å². The maximum Gasteiger partial charge on any atom is 0.406 e. The second-order valence-corrected chi connectivity index (χ2v) is 3.73. The number of halogens is 1. The van der Waals surface area contributed by atoms with Gasteiger partial charge in [-0.3, -0.25) is 0 Å². The van der Waals surface area contributed by atoms with Gasteiger partial charge in [0.25, 0.3) is 0 Å². The Morgan fingerprint density at radius 1 is 1.15 bits per heavy atom. The van der Waals surface area contributed by atoms with Gasteiger partial charge in [-0.1, -0.05) is 0 Å². The van der Waals surface area contributed by atoms with E-state index in [2.05, 4.69) is 4.98 Å². The molecule has 0 aliphatic heterocycles. The first-order valence-corrected chi connectivity index (χ1v) is 5.77. The minimum Gasteiger partial charge on any atom is -0.490 e. The Balaban J connectivity index is 1.84. The van der Waals surface area contributed by atoms with Crippen LogP contribution in [-0.2, 0) is 0 Å². The van der Waals surface area contributed by atoms with Crippen LogP contribution in [0.3, 0.4) is 0 Å². The van der Waals surface area contributed by atoms with Gasteiger partial charge >= 0.3 is 5.82 Å². The molecule has 0 atom stereocenters. The van der Waals surface area contributed by atoms with Gasteiger partial charge in [-0.05, 0) is 46.3 Å². The third-order valence-electron chi connectivity index (χ3n) is 2.35. The summed E-state index contributed by atoms with van der Waals surface area (Å²) in [6, 6.07) is 8.54. The number of nitrogens with zero attached hydrogens (tertiary/aromatic N) is 2. The highest BCUT2D eigenvalue weighted by molar-refractivity contribution is 5.38. The second kappa shape index (κ2) is 6.46. The average molecular weight is 278 g/mol. The molecule has 1 aromatic carbocycles. The topological polar surface area (TPSA) is 74.5 Å². The first kappa shape index (κ1) is 13.7. The van der Waals surface area contributed by atoms with E-state index < -0.39 is 4.92 Å². The third kappa shape index (κ3) is 3.64. The largest absolute Gasteiger partial charge is 0.490 e. The zero-order valence-corrected chi connectivity index (χ0v) is 10.4. The van der Waals surface area contributed by atoms with Crippen molar-refractivity contribution in [3.63, 3.8) is 0 Å². The van der Waals surface area contributed by atoms with Gasteiger partial charge in [0.15, 0.2) is 0 Å². The van der Waals surface area contributed by atoms with E-state index in [1.807, 2.05) is 0 Å². The zero-order valence-electron chi connectivity index (χ0n) is 10.4. The Hall–Kier alpha value is -2.70. The number of rotatable bonds is 6. The summed E-state index contributed by atoms with van der Waals surface area (Å²) in [6.45, 7) is 0.293. The summed E-state index contributed by atoms with van der Waals surface area (Å²) in [7, 11) is 0. The lowest BCUT2D eigenvalue weighted by molar-refractivity contribution is -0.390. The van der Waals surface area contributed by atoms with E-state index in [9.17, 15) is 14.5 Å². The maximum atomic E-state index is 12.7. The summed E-state index contributed by atoms with van der Waals surface area (Å²) in [4.78, 5) is 13.7. The van der Waals surface area contributed by atoms with Crippen molar-refractivity contribution in [2.45, 2.75) is 0 Å². The predicted molar refractivity (Wildman–Crippen MR) is 68.3 cm³/mol. The second-order valence-electron chi connectivity index (χ2n) is 3.73. The molecule has 0 aliphatic carbocycles. The van der Waals surface area contributed by atoms with Crippen LogP contribution in [0.4, 0.5) is 10.2 Å². The van der Waals surface area contributed by atoms with Gasteiger partial charge in [0, 0.05) is 0 Å². The molecule has 104 valence electrons. The number of nitro groups is 1. The maximum absolute atomic E-state index is 12.7. The predicted octanol–water partition coefficient (Wildman–Crippen LogP) is 2.59. The highest BCUT2D eigenvalue weighted by Gasteiger charge is 2.15. The molecule has 20 heavy (non-hydrogen) atoms. The van der Waals surface area contributed by atoms with Gasteiger partial charge < -0.3 is 19.6 Å². The number of ether oxygens (including phenoxy) is 2. The molecular weight excluding hydrogens is 267 g/mol. The van der Waals surface area contributed by atoms with Crippen LogP contribution in [0.15, 0.2) is 42.6 Å². The monoisotopic (exact) mass is 278 g/mol. The van der Waals surface area contributed by atoms with Crippen LogP contribution in [0, 0.1) is 15.9 Å². The molecule has 0 radical (unpaired) electrons. The van der Waals surface area contributed by atoms with Crippen LogP contribution in [0.1, 0.15) is 0 Å². The first-order valence-electron chi connectivity index (χ1n) is 5.77. The summed E-state index contributed by atoms with van der Waals surface area (Å²) in [5, 5.41) is 10.7. The summed E-state index contributed by atoms with van der Waals surface area (Å²) in [5.74, 6) is -0.107.